The summed E-state index contributed by atoms with van der Waals surface area (Å²) in [5, 5.41) is 11.7. The number of aromatic nitrogens is 4. The molecule has 0 aliphatic carbocycles. The van der Waals surface area contributed by atoms with Crippen LogP contribution in [0.3, 0.4) is 0 Å². The normalized spacial score (nSPS) is 10.9. The van der Waals surface area contributed by atoms with Gasteiger partial charge in [0, 0.05) is 6.20 Å². The third-order valence-electron chi connectivity index (χ3n) is 4.62. The predicted octanol–water partition coefficient (Wildman–Crippen LogP) is 3.97. The van der Waals surface area contributed by atoms with Crippen LogP contribution in [-0.2, 0) is 11.4 Å². The third-order valence-corrected chi connectivity index (χ3v) is 7.07. The Hall–Kier alpha value is -2.79. The summed E-state index contributed by atoms with van der Waals surface area (Å²) >= 11 is 4.54. The molecule has 3 heterocycles. The number of carbonyl (C=O) groups excluding carboxylic acids is 3. The Balaban J connectivity index is 1.83. The minimum absolute atomic E-state index is 0.172. The van der Waals surface area contributed by atoms with E-state index in [0.717, 1.165) is 27.2 Å². The van der Waals surface area contributed by atoms with Crippen molar-refractivity contribution < 1.29 is 19.1 Å². The van der Waals surface area contributed by atoms with E-state index in [1.54, 1.807) is 35.5 Å². The number of hydrogen-bond donors (Lipinski definition) is 1. The quantitative estimate of drug-likeness (QED) is 0.382. The lowest BCUT2D eigenvalue weighted by Gasteiger charge is -2.06. The van der Waals surface area contributed by atoms with E-state index in [0.29, 0.717) is 17.1 Å². The zero-order valence-electron chi connectivity index (χ0n) is 17.8. The maximum atomic E-state index is 12.8. The number of thiophene rings is 1. The van der Waals surface area contributed by atoms with Gasteiger partial charge in [-0.05, 0) is 62.2 Å². The monoisotopic (exact) mass is 507 g/mol. The molecule has 0 aliphatic heterocycles. The van der Waals surface area contributed by atoms with Crippen LogP contribution >= 0.6 is 27.3 Å². The van der Waals surface area contributed by atoms with Crippen LogP contribution in [0.5, 0.6) is 0 Å². The van der Waals surface area contributed by atoms with Crippen molar-refractivity contribution in [2.75, 3.05) is 11.9 Å². The maximum absolute atomic E-state index is 12.8. The van der Waals surface area contributed by atoms with Crippen molar-refractivity contribution >= 4 is 49.9 Å². The zero-order chi connectivity index (χ0) is 22.9. The second kappa shape index (κ2) is 9.15. The number of amides is 1. The van der Waals surface area contributed by atoms with Crippen LogP contribution in [0.1, 0.15) is 61.3 Å². The molecule has 11 heteroatoms. The summed E-state index contributed by atoms with van der Waals surface area (Å²) in [6.07, 6.45) is 1.67. The van der Waals surface area contributed by atoms with Crippen molar-refractivity contribution in [3.63, 3.8) is 0 Å². The van der Waals surface area contributed by atoms with E-state index in [1.165, 1.54) is 6.92 Å². The van der Waals surface area contributed by atoms with E-state index in [4.69, 9.17) is 4.74 Å². The minimum atomic E-state index is -0.584. The maximum Gasteiger partial charge on any atom is 0.341 e. The number of nitrogens with zero attached hydrogens (tertiary/aromatic N) is 4. The molecule has 0 unspecified atom stereocenters. The van der Waals surface area contributed by atoms with Crippen molar-refractivity contribution in [1.29, 1.82) is 0 Å². The van der Waals surface area contributed by atoms with Gasteiger partial charge in [-0.1, -0.05) is 0 Å². The minimum Gasteiger partial charge on any atom is -0.462 e. The van der Waals surface area contributed by atoms with Crippen molar-refractivity contribution in [2.45, 2.75) is 41.3 Å². The van der Waals surface area contributed by atoms with Crippen molar-refractivity contribution in [3.8, 4) is 0 Å². The third kappa shape index (κ3) is 4.62. The van der Waals surface area contributed by atoms with Crippen LogP contribution in [-0.4, -0.2) is 43.8 Å². The van der Waals surface area contributed by atoms with Gasteiger partial charge in [-0.3, -0.25) is 14.3 Å². The first-order chi connectivity index (χ1) is 14.6. The number of nitrogens with one attached hydrogen (secondary N) is 1. The van der Waals surface area contributed by atoms with Crippen LogP contribution in [0.25, 0.3) is 0 Å². The van der Waals surface area contributed by atoms with E-state index in [-0.39, 0.29) is 28.6 Å². The lowest BCUT2D eigenvalue weighted by molar-refractivity contribution is 0.0527. The number of Topliss-reactive ketones (excluding diaryl/α,β-unsaturated/α-hetero) is 1. The number of aryl methyl sites for hydroxylation is 1. The highest BCUT2D eigenvalue weighted by molar-refractivity contribution is 9.10. The smallest absolute Gasteiger partial charge is 0.341 e. The lowest BCUT2D eigenvalue weighted by Crippen LogP contribution is -2.17. The highest BCUT2D eigenvalue weighted by atomic mass is 79.9. The largest absolute Gasteiger partial charge is 0.462 e. The van der Waals surface area contributed by atoms with E-state index < -0.39 is 11.9 Å². The van der Waals surface area contributed by atoms with Gasteiger partial charge in [0.1, 0.15) is 11.7 Å². The molecule has 0 radical (unpaired) electrons. The fourth-order valence-electron chi connectivity index (χ4n) is 3.07. The van der Waals surface area contributed by atoms with Gasteiger partial charge in [0.2, 0.25) is 0 Å². The van der Waals surface area contributed by atoms with Gasteiger partial charge in [-0.2, -0.15) is 10.2 Å². The topological polar surface area (TPSA) is 108 Å². The standard InChI is InChI=1S/C20H22BrN5O4S/c1-6-30-20(29)15-10(2)17(13(5)27)31-19(15)22-18(28)14-7-8-25(24-14)9-26-12(4)16(21)11(3)23-26/h7-8H,6,9H2,1-5H3,(H,22,28). The first-order valence-corrected chi connectivity index (χ1v) is 11.1. The molecular formula is C20H22BrN5O4S. The Kier molecular flexibility index (Phi) is 6.75. The van der Waals surface area contributed by atoms with Gasteiger partial charge in [0.15, 0.2) is 11.5 Å². The second-order valence-electron chi connectivity index (χ2n) is 6.86. The average Bonchev–Trinajstić information content (AvgIpc) is 3.36. The number of esters is 1. The van der Waals surface area contributed by atoms with Crippen LogP contribution in [0.4, 0.5) is 5.00 Å². The van der Waals surface area contributed by atoms with Gasteiger partial charge < -0.3 is 10.1 Å². The lowest BCUT2D eigenvalue weighted by atomic mass is 10.1. The molecular weight excluding hydrogens is 486 g/mol. The Morgan fingerprint density at radius 2 is 1.94 bits per heavy atom. The highest BCUT2D eigenvalue weighted by Crippen LogP contribution is 2.34. The summed E-state index contributed by atoms with van der Waals surface area (Å²) in [6.45, 7) is 9.13. The Labute approximate surface area is 191 Å². The number of ketones is 1. The van der Waals surface area contributed by atoms with E-state index in [2.05, 4.69) is 31.4 Å². The highest BCUT2D eigenvalue weighted by Gasteiger charge is 2.26. The fourth-order valence-corrected chi connectivity index (χ4v) is 4.43. The van der Waals surface area contributed by atoms with Crippen LogP contribution in [0.15, 0.2) is 16.7 Å². The molecule has 3 rings (SSSR count). The van der Waals surface area contributed by atoms with Gasteiger partial charge >= 0.3 is 5.97 Å². The zero-order valence-corrected chi connectivity index (χ0v) is 20.2. The SMILES string of the molecule is CCOC(=O)c1c(NC(=O)c2ccn(Cn3nc(C)c(Br)c3C)n2)sc(C(C)=O)c1C. The van der Waals surface area contributed by atoms with Gasteiger partial charge in [-0.25, -0.2) is 9.48 Å². The Morgan fingerprint density at radius 3 is 2.52 bits per heavy atom. The number of hydrogen-bond acceptors (Lipinski definition) is 7. The summed E-state index contributed by atoms with van der Waals surface area (Å²) in [5.74, 6) is -1.26. The number of rotatable bonds is 7. The first-order valence-electron chi connectivity index (χ1n) is 9.49. The molecule has 0 saturated heterocycles. The summed E-state index contributed by atoms with van der Waals surface area (Å²) < 4.78 is 9.39. The Morgan fingerprint density at radius 1 is 1.23 bits per heavy atom. The number of carbonyl (C=O) groups is 3. The van der Waals surface area contributed by atoms with E-state index in [1.807, 2.05) is 13.8 Å². The number of anilines is 1. The van der Waals surface area contributed by atoms with Crippen LogP contribution < -0.4 is 5.32 Å². The second-order valence-corrected chi connectivity index (χ2v) is 8.67. The van der Waals surface area contributed by atoms with Crippen molar-refractivity contribution in [2.24, 2.45) is 0 Å². The predicted molar refractivity (Wildman–Crippen MR) is 120 cm³/mol. The summed E-state index contributed by atoms with van der Waals surface area (Å²) in [6, 6.07) is 1.58. The van der Waals surface area contributed by atoms with E-state index >= 15 is 0 Å². The summed E-state index contributed by atoms with van der Waals surface area (Å²) in [4.78, 5) is 37.5. The first kappa shape index (κ1) is 22.9. The molecule has 3 aromatic heterocycles. The molecule has 1 N–H and O–H groups in total. The Bertz CT molecular complexity index is 1180. The molecule has 0 aliphatic rings. The molecule has 0 bridgehead atoms. The molecule has 1 amide bonds. The van der Waals surface area contributed by atoms with E-state index in [9.17, 15) is 14.4 Å². The van der Waals surface area contributed by atoms with Crippen LogP contribution in [0, 0.1) is 20.8 Å². The van der Waals surface area contributed by atoms with Crippen molar-refractivity contribution in [1.82, 2.24) is 19.6 Å². The molecule has 0 spiro atoms. The molecule has 9 nitrogen and oxygen atoms in total. The number of ether oxygens (including phenoxy) is 1. The average molecular weight is 508 g/mol. The molecule has 0 atom stereocenters. The molecule has 31 heavy (non-hydrogen) atoms. The van der Waals surface area contributed by atoms with Gasteiger partial charge in [0.05, 0.1) is 32.9 Å². The molecule has 164 valence electrons. The van der Waals surface area contributed by atoms with Crippen molar-refractivity contribution in [3.05, 3.63) is 49.8 Å². The van der Waals surface area contributed by atoms with Gasteiger partial charge in [-0.15, -0.1) is 11.3 Å². The molecule has 0 fully saturated rings. The summed E-state index contributed by atoms with van der Waals surface area (Å²) in [7, 11) is 0. The molecule has 0 saturated carbocycles. The fraction of sp³-hybridized carbons (Fsp3) is 0.350. The van der Waals surface area contributed by atoms with Gasteiger partial charge in [0.25, 0.3) is 5.91 Å². The summed E-state index contributed by atoms with van der Waals surface area (Å²) in [5.41, 5.74) is 2.67. The molecule has 3 aromatic rings. The number of halogens is 1. The molecule has 0 aromatic carbocycles. The van der Waals surface area contributed by atoms with Crippen LogP contribution in [0.2, 0.25) is 0 Å².